The van der Waals surface area contributed by atoms with Crippen molar-refractivity contribution in [3.63, 3.8) is 0 Å². The number of amides is 2. The van der Waals surface area contributed by atoms with Crippen LogP contribution in [0.3, 0.4) is 0 Å². The number of nitrogens with one attached hydrogen (secondary N) is 2. The first-order chi connectivity index (χ1) is 14.8. The molecule has 0 bridgehead atoms. The second kappa shape index (κ2) is 9.89. The molecule has 166 valence electrons. The molecular weight excluding hydrogens is 396 g/mol. The number of carbonyl (C=O) groups is 2. The number of nitrogens with zero attached hydrogens (tertiary/aromatic N) is 2. The van der Waals surface area contributed by atoms with Crippen molar-refractivity contribution < 1.29 is 14.3 Å². The van der Waals surface area contributed by atoms with Crippen LogP contribution in [0.15, 0.2) is 47.4 Å². The van der Waals surface area contributed by atoms with Gasteiger partial charge >= 0.3 is 0 Å². The lowest BCUT2D eigenvalue weighted by Crippen LogP contribution is -2.42. The summed E-state index contributed by atoms with van der Waals surface area (Å²) in [6.07, 6.45) is 1.62. The first-order valence-electron chi connectivity index (χ1n) is 10.5. The van der Waals surface area contributed by atoms with Crippen molar-refractivity contribution in [2.24, 2.45) is 5.41 Å². The van der Waals surface area contributed by atoms with Crippen molar-refractivity contribution >= 4 is 17.5 Å². The Morgan fingerprint density at radius 2 is 1.74 bits per heavy atom. The van der Waals surface area contributed by atoms with Crippen molar-refractivity contribution in [3.8, 4) is 5.69 Å². The maximum atomic E-state index is 12.9. The van der Waals surface area contributed by atoms with E-state index in [1.807, 2.05) is 20.8 Å². The van der Waals surface area contributed by atoms with Gasteiger partial charge < -0.3 is 15.4 Å². The topological polar surface area (TPSA) is 92.7 Å². The van der Waals surface area contributed by atoms with Crippen LogP contribution < -0.4 is 16.2 Å². The number of hydrogen-bond acceptors (Lipinski definition) is 5. The first-order valence-corrected chi connectivity index (χ1v) is 10.5. The first kappa shape index (κ1) is 22.7. The molecule has 1 aromatic carbocycles. The Labute approximate surface area is 182 Å². The summed E-state index contributed by atoms with van der Waals surface area (Å²) in [6, 6.07) is 10.1. The van der Waals surface area contributed by atoms with Crippen LogP contribution in [0.5, 0.6) is 0 Å². The van der Waals surface area contributed by atoms with E-state index in [9.17, 15) is 14.4 Å². The van der Waals surface area contributed by atoms with Crippen LogP contribution >= 0.6 is 0 Å². The minimum atomic E-state index is -0.501. The summed E-state index contributed by atoms with van der Waals surface area (Å²) in [4.78, 5) is 39.8. The molecule has 0 atom stereocenters. The van der Waals surface area contributed by atoms with Crippen LogP contribution in [0.1, 0.15) is 31.1 Å². The van der Waals surface area contributed by atoms with Gasteiger partial charge in [-0.15, -0.1) is 0 Å². The predicted octanol–water partition coefficient (Wildman–Crippen LogP) is 1.88. The number of hydrogen-bond donors (Lipinski definition) is 2. The van der Waals surface area contributed by atoms with Gasteiger partial charge in [0, 0.05) is 49.2 Å². The quantitative estimate of drug-likeness (QED) is 0.736. The molecule has 31 heavy (non-hydrogen) atoms. The standard InChI is InChI=1S/C23H30N4O4/c1-23(2,3)22(30)25-17-6-8-18(9-7-17)27-11-4-5-19(21(27)29)20(28)24-10-12-26-13-15-31-16-14-26/h4-9,11H,10,12-16H2,1-3H3,(H,24,28)(H,25,30). The molecule has 0 saturated carbocycles. The highest BCUT2D eigenvalue weighted by molar-refractivity contribution is 5.95. The van der Waals surface area contributed by atoms with Gasteiger partial charge in [-0.25, -0.2) is 0 Å². The molecule has 1 saturated heterocycles. The van der Waals surface area contributed by atoms with Crippen molar-refractivity contribution in [2.75, 3.05) is 44.7 Å². The van der Waals surface area contributed by atoms with Crippen LogP contribution in [0.2, 0.25) is 0 Å². The van der Waals surface area contributed by atoms with Gasteiger partial charge in [0.1, 0.15) is 5.56 Å². The highest BCUT2D eigenvalue weighted by atomic mass is 16.5. The number of aromatic nitrogens is 1. The fourth-order valence-electron chi connectivity index (χ4n) is 3.14. The van der Waals surface area contributed by atoms with Crippen molar-refractivity contribution in [3.05, 3.63) is 58.5 Å². The van der Waals surface area contributed by atoms with Crippen LogP contribution in [-0.2, 0) is 9.53 Å². The molecule has 1 aromatic heterocycles. The van der Waals surface area contributed by atoms with Gasteiger partial charge in [-0.3, -0.25) is 23.9 Å². The maximum absolute atomic E-state index is 12.9. The summed E-state index contributed by atoms with van der Waals surface area (Å²) in [7, 11) is 0. The van der Waals surface area contributed by atoms with Crippen molar-refractivity contribution in [1.29, 1.82) is 0 Å². The van der Waals surface area contributed by atoms with E-state index in [4.69, 9.17) is 4.74 Å². The summed E-state index contributed by atoms with van der Waals surface area (Å²) in [6.45, 7) is 9.81. The largest absolute Gasteiger partial charge is 0.379 e. The van der Waals surface area contributed by atoms with Crippen LogP contribution in [0.25, 0.3) is 5.69 Å². The van der Waals surface area contributed by atoms with Crippen LogP contribution in [0, 0.1) is 5.41 Å². The molecule has 2 heterocycles. The second-order valence-corrected chi connectivity index (χ2v) is 8.56. The number of anilines is 1. The van der Waals surface area contributed by atoms with E-state index < -0.39 is 11.0 Å². The minimum Gasteiger partial charge on any atom is -0.379 e. The Hall–Kier alpha value is -2.97. The Morgan fingerprint density at radius 1 is 1.06 bits per heavy atom. The predicted molar refractivity (Wildman–Crippen MR) is 120 cm³/mol. The fraction of sp³-hybridized carbons (Fsp3) is 0.435. The van der Waals surface area contributed by atoms with Gasteiger partial charge in [-0.2, -0.15) is 0 Å². The lowest BCUT2D eigenvalue weighted by atomic mass is 9.95. The molecule has 3 rings (SSSR count). The molecule has 0 aliphatic carbocycles. The van der Waals surface area contributed by atoms with E-state index in [2.05, 4.69) is 15.5 Å². The third-order valence-electron chi connectivity index (χ3n) is 5.09. The van der Waals surface area contributed by atoms with Crippen molar-refractivity contribution in [1.82, 2.24) is 14.8 Å². The molecule has 8 nitrogen and oxygen atoms in total. The van der Waals surface area contributed by atoms with E-state index in [1.165, 1.54) is 10.6 Å². The van der Waals surface area contributed by atoms with Crippen LogP contribution in [-0.4, -0.2) is 60.7 Å². The molecular formula is C23H30N4O4. The molecule has 1 aliphatic heterocycles. The summed E-state index contributed by atoms with van der Waals surface area (Å²) in [5.74, 6) is -0.477. The zero-order valence-electron chi connectivity index (χ0n) is 18.3. The molecule has 0 unspecified atom stereocenters. The van der Waals surface area contributed by atoms with E-state index in [0.29, 0.717) is 31.1 Å². The molecule has 1 fully saturated rings. The third-order valence-corrected chi connectivity index (χ3v) is 5.09. The Bertz CT molecular complexity index is 970. The normalized spacial score (nSPS) is 14.8. The number of benzene rings is 1. The third kappa shape index (κ3) is 6.02. The molecule has 8 heteroatoms. The number of pyridine rings is 1. The van der Waals surface area contributed by atoms with E-state index in [-0.39, 0.29) is 17.4 Å². The molecule has 2 aromatic rings. The minimum absolute atomic E-state index is 0.0897. The second-order valence-electron chi connectivity index (χ2n) is 8.56. The zero-order valence-corrected chi connectivity index (χ0v) is 18.3. The average Bonchev–Trinajstić information content (AvgIpc) is 2.74. The SMILES string of the molecule is CC(C)(C)C(=O)Nc1ccc(-n2cccc(C(=O)NCCN3CCOCC3)c2=O)cc1. The molecule has 0 radical (unpaired) electrons. The highest BCUT2D eigenvalue weighted by Crippen LogP contribution is 2.18. The van der Waals surface area contributed by atoms with Gasteiger partial charge in [0.05, 0.1) is 13.2 Å². The monoisotopic (exact) mass is 426 g/mol. The lowest BCUT2D eigenvalue weighted by Gasteiger charge is -2.26. The molecule has 0 spiro atoms. The Balaban J connectivity index is 1.66. The zero-order chi connectivity index (χ0) is 22.4. The van der Waals surface area contributed by atoms with Gasteiger partial charge in [0.15, 0.2) is 0 Å². The number of carbonyl (C=O) groups excluding carboxylic acids is 2. The number of morpholine rings is 1. The van der Waals surface area contributed by atoms with Gasteiger partial charge in [0.2, 0.25) is 5.91 Å². The van der Waals surface area contributed by atoms with Gasteiger partial charge in [-0.05, 0) is 36.4 Å². The summed E-state index contributed by atoms with van der Waals surface area (Å²) >= 11 is 0. The van der Waals surface area contributed by atoms with E-state index in [1.54, 1.807) is 36.5 Å². The Morgan fingerprint density at radius 3 is 2.39 bits per heavy atom. The van der Waals surface area contributed by atoms with E-state index >= 15 is 0 Å². The fourth-order valence-corrected chi connectivity index (χ4v) is 3.14. The van der Waals surface area contributed by atoms with Crippen LogP contribution in [0.4, 0.5) is 5.69 Å². The average molecular weight is 427 g/mol. The van der Waals surface area contributed by atoms with Crippen molar-refractivity contribution in [2.45, 2.75) is 20.8 Å². The highest BCUT2D eigenvalue weighted by Gasteiger charge is 2.21. The molecule has 2 amide bonds. The lowest BCUT2D eigenvalue weighted by molar-refractivity contribution is -0.123. The summed E-state index contributed by atoms with van der Waals surface area (Å²) in [5.41, 5.74) is 0.460. The smallest absolute Gasteiger partial charge is 0.267 e. The number of ether oxygens (including phenoxy) is 1. The number of rotatable bonds is 6. The van der Waals surface area contributed by atoms with Gasteiger partial charge in [-0.1, -0.05) is 20.8 Å². The van der Waals surface area contributed by atoms with E-state index in [0.717, 1.165) is 19.6 Å². The summed E-state index contributed by atoms with van der Waals surface area (Å²) in [5, 5.41) is 5.68. The molecule has 2 N–H and O–H groups in total. The maximum Gasteiger partial charge on any atom is 0.267 e. The van der Waals surface area contributed by atoms with Gasteiger partial charge in [0.25, 0.3) is 11.5 Å². The Kier molecular flexibility index (Phi) is 7.25. The summed E-state index contributed by atoms with van der Waals surface area (Å²) < 4.78 is 6.74. The molecule has 1 aliphatic rings.